The fraction of sp³-hybridized carbons (Fsp3) is 0.292. The summed E-state index contributed by atoms with van der Waals surface area (Å²) in [5, 5.41) is 4.43. The summed E-state index contributed by atoms with van der Waals surface area (Å²) in [6.07, 6.45) is 4.93. The summed E-state index contributed by atoms with van der Waals surface area (Å²) in [6.45, 7) is 5.58. The Kier molecular flexibility index (Phi) is 6.62. The lowest BCUT2D eigenvalue weighted by Gasteiger charge is -2.05. The molecule has 4 rings (SSSR count). The van der Waals surface area contributed by atoms with Crippen molar-refractivity contribution in [2.75, 3.05) is 13.2 Å². The average Bonchev–Trinajstić information content (AvgIpc) is 3.33. The number of ether oxygens (including phenoxy) is 2. The summed E-state index contributed by atoms with van der Waals surface area (Å²) in [4.78, 5) is 18.0. The fourth-order valence-corrected chi connectivity index (χ4v) is 3.96. The molecule has 0 aliphatic carbocycles. The van der Waals surface area contributed by atoms with E-state index in [1.807, 2.05) is 54.6 Å². The second-order valence-corrected chi connectivity index (χ2v) is 8.20. The molecule has 160 valence electrons. The first-order chi connectivity index (χ1) is 15.2. The molecule has 0 saturated carbocycles. The minimum atomic E-state index is -0.168. The number of benzene rings is 2. The second-order valence-electron chi connectivity index (χ2n) is 7.19. The molecule has 6 nitrogen and oxygen atoms in total. The molecular formula is C24H25N3O3S. The maximum Gasteiger partial charge on any atom is 0.291 e. The molecule has 2 aromatic carbocycles. The molecule has 0 saturated heterocycles. The monoisotopic (exact) mass is 435 g/mol. The van der Waals surface area contributed by atoms with Gasteiger partial charge in [-0.05, 0) is 60.9 Å². The third-order valence-electron chi connectivity index (χ3n) is 4.69. The Labute approximate surface area is 184 Å². The standard InChI is InChI=1S/C24H25N3O3S/c1-3-5-14-30-19-11-9-18(10-12-19)22-25-24-27(26-22)23(28)21(31-24)16-17-7-6-8-20(15-17)29-13-4-2/h6-12,15-16H,3-5,13-14H2,1-2H3. The largest absolute Gasteiger partial charge is 0.494 e. The Balaban J connectivity index is 1.57. The molecule has 31 heavy (non-hydrogen) atoms. The molecule has 0 amide bonds. The Bertz CT molecular complexity index is 1260. The van der Waals surface area contributed by atoms with Crippen LogP contribution in [0.5, 0.6) is 11.5 Å². The van der Waals surface area contributed by atoms with E-state index in [1.54, 1.807) is 0 Å². The van der Waals surface area contributed by atoms with Gasteiger partial charge in [-0.3, -0.25) is 4.79 Å². The van der Waals surface area contributed by atoms with Crippen molar-refractivity contribution in [1.29, 1.82) is 0 Å². The van der Waals surface area contributed by atoms with Crippen LogP contribution in [-0.4, -0.2) is 27.8 Å². The number of hydrogen-bond acceptors (Lipinski definition) is 6. The summed E-state index contributed by atoms with van der Waals surface area (Å²) in [5.41, 5.74) is 1.59. The Morgan fingerprint density at radius 2 is 1.81 bits per heavy atom. The Morgan fingerprint density at radius 3 is 2.55 bits per heavy atom. The van der Waals surface area contributed by atoms with Gasteiger partial charge in [-0.1, -0.05) is 43.7 Å². The van der Waals surface area contributed by atoms with Crippen molar-refractivity contribution in [3.8, 4) is 22.9 Å². The number of aromatic nitrogens is 3. The van der Waals surface area contributed by atoms with Gasteiger partial charge in [0.2, 0.25) is 4.96 Å². The molecule has 0 aliphatic heterocycles. The number of nitrogens with zero attached hydrogens (tertiary/aromatic N) is 3. The van der Waals surface area contributed by atoms with Gasteiger partial charge in [0.1, 0.15) is 11.5 Å². The third kappa shape index (κ3) is 4.94. The lowest BCUT2D eigenvalue weighted by atomic mass is 10.2. The van der Waals surface area contributed by atoms with Gasteiger partial charge in [-0.25, -0.2) is 0 Å². The van der Waals surface area contributed by atoms with Gasteiger partial charge in [-0.15, -0.1) is 5.10 Å². The second kappa shape index (κ2) is 9.75. The predicted octanol–water partition coefficient (Wildman–Crippen LogP) is 4.33. The lowest BCUT2D eigenvalue weighted by Crippen LogP contribution is -2.23. The van der Waals surface area contributed by atoms with E-state index in [1.165, 1.54) is 15.9 Å². The van der Waals surface area contributed by atoms with Gasteiger partial charge < -0.3 is 9.47 Å². The van der Waals surface area contributed by atoms with E-state index in [0.717, 1.165) is 41.9 Å². The first-order valence-corrected chi connectivity index (χ1v) is 11.4. The zero-order valence-corrected chi connectivity index (χ0v) is 18.5. The van der Waals surface area contributed by atoms with Crippen LogP contribution in [0.3, 0.4) is 0 Å². The van der Waals surface area contributed by atoms with Gasteiger partial charge in [0.05, 0.1) is 17.7 Å². The van der Waals surface area contributed by atoms with Crippen LogP contribution >= 0.6 is 11.3 Å². The van der Waals surface area contributed by atoms with Crippen molar-refractivity contribution < 1.29 is 9.47 Å². The van der Waals surface area contributed by atoms with E-state index >= 15 is 0 Å². The molecular weight excluding hydrogens is 410 g/mol. The highest BCUT2D eigenvalue weighted by Gasteiger charge is 2.12. The topological polar surface area (TPSA) is 65.7 Å². The van der Waals surface area contributed by atoms with Crippen LogP contribution in [0.4, 0.5) is 0 Å². The highest BCUT2D eigenvalue weighted by molar-refractivity contribution is 7.15. The molecule has 7 heteroatoms. The van der Waals surface area contributed by atoms with E-state index < -0.39 is 0 Å². The maximum atomic E-state index is 12.8. The van der Waals surface area contributed by atoms with Crippen molar-refractivity contribution >= 4 is 22.4 Å². The zero-order chi connectivity index (χ0) is 21.6. The predicted molar refractivity (Wildman–Crippen MR) is 124 cm³/mol. The van der Waals surface area contributed by atoms with Gasteiger partial charge in [0, 0.05) is 5.56 Å². The van der Waals surface area contributed by atoms with Crippen LogP contribution in [-0.2, 0) is 0 Å². The number of fused-ring (bicyclic) bond motifs is 1. The number of hydrogen-bond donors (Lipinski definition) is 0. The molecule has 0 N–H and O–H groups in total. The van der Waals surface area contributed by atoms with Crippen LogP contribution in [0.2, 0.25) is 0 Å². The molecule has 0 radical (unpaired) electrons. The molecule has 0 spiro atoms. The first kappa shape index (κ1) is 21.1. The van der Waals surface area contributed by atoms with Gasteiger partial charge in [-0.2, -0.15) is 9.50 Å². The van der Waals surface area contributed by atoms with E-state index in [9.17, 15) is 4.79 Å². The normalized spacial score (nSPS) is 11.9. The van der Waals surface area contributed by atoms with Crippen molar-refractivity contribution in [1.82, 2.24) is 14.6 Å². The molecule has 2 aromatic heterocycles. The number of rotatable bonds is 9. The first-order valence-electron chi connectivity index (χ1n) is 10.6. The summed E-state index contributed by atoms with van der Waals surface area (Å²) in [6, 6.07) is 15.4. The molecule has 4 aromatic rings. The van der Waals surface area contributed by atoms with E-state index in [0.29, 0.717) is 28.5 Å². The summed E-state index contributed by atoms with van der Waals surface area (Å²) in [7, 11) is 0. The Morgan fingerprint density at radius 1 is 1.00 bits per heavy atom. The molecule has 0 aliphatic rings. The quantitative estimate of drug-likeness (QED) is 0.366. The Hall–Kier alpha value is -3.19. The van der Waals surface area contributed by atoms with Crippen molar-refractivity contribution in [2.24, 2.45) is 0 Å². The minimum Gasteiger partial charge on any atom is -0.494 e. The maximum absolute atomic E-state index is 12.8. The van der Waals surface area contributed by atoms with Gasteiger partial charge in [0.15, 0.2) is 5.82 Å². The molecule has 0 unspecified atom stereocenters. The molecule has 0 bridgehead atoms. The number of unbranched alkanes of at least 4 members (excludes halogenated alkanes) is 1. The molecule has 0 fully saturated rings. The van der Waals surface area contributed by atoms with Crippen LogP contribution in [0.1, 0.15) is 38.7 Å². The van der Waals surface area contributed by atoms with Gasteiger partial charge in [0.25, 0.3) is 5.56 Å². The minimum absolute atomic E-state index is 0.168. The average molecular weight is 436 g/mol. The van der Waals surface area contributed by atoms with E-state index in [4.69, 9.17) is 9.47 Å². The molecule has 2 heterocycles. The summed E-state index contributed by atoms with van der Waals surface area (Å²) in [5.74, 6) is 2.15. The fourth-order valence-electron chi connectivity index (χ4n) is 3.06. The highest BCUT2D eigenvalue weighted by Crippen LogP contribution is 2.21. The highest BCUT2D eigenvalue weighted by atomic mass is 32.1. The SMILES string of the molecule is CCCCOc1ccc(-c2nc3sc(=Cc4cccc(OCCC)c4)c(=O)n3n2)cc1. The summed E-state index contributed by atoms with van der Waals surface area (Å²) < 4.78 is 13.3. The van der Waals surface area contributed by atoms with Crippen LogP contribution in [0.25, 0.3) is 22.4 Å². The van der Waals surface area contributed by atoms with Crippen LogP contribution < -0.4 is 19.6 Å². The van der Waals surface area contributed by atoms with Crippen molar-refractivity contribution in [3.63, 3.8) is 0 Å². The summed E-state index contributed by atoms with van der Waals surface area (Å²) >= 11 is 1.33. The zero-order valence-electron chi connectivity index (χ0n) is 17.7. The van der Waals surface area contributed by atoms with Gasteiger partial charge >= 0.3 is 0 Å². The van der Waals surface area contributed by atoms with Crippen LogP contribution in [0.15, 0.2) is 53.3 Å². The smallest absolute Gasteiger partial charge is 0.291 e. The van der Waals surface area contributed by atoms with E-state index in [-0.39, 0.29) is 5.56 Å². The number of thiazole rings is 1. The van der Waals surface area contributed by atoms with Crippen molar-refractivity contribution in [3.05, 3.63) is 69.0 Å². The third-order valence-corrected chi connectivity index (χ3v) is 5.65. The van der Waals surface area contributed by atoms with Crippen LogP contribution in [0, 0.1) is 0 Å². The lowest BCUT2D eigenvalue weighted by molar-refractivity contribution is 0.309. The molecule has 0 atom stereocenters. The van der Waals surface area contributed by atoms with E-state index in [2.05, 4.69) is 23.9 Å². The van der Waals surface area contributed by atoms with Crippen molar-refractivity contribution in [2.45, 2.75) is 33.1 Å².